The number of carbonyl (C=O) groups is 2. The maximum Gasteiger partial charge on any atom is 0.252 e. The van der Waals surface area contributed by atoms with Crippen LogP contribution < -0.4 is 10.6 Å². The molecule has 1 aliphatic heterocycles. The summed E-state index contributed by atoms with van der Waals surface area (Å²) in [5.74, 6) is -0.244. The van der Waals surface area contributed by atoms with Crippen LogP contribution >= 0.6 is 0 Å². The summed E-state index contributed by atoms with van der Waals surface area (Å²) in [5, 5.41) is 6.61. The minimum absolute atomic E-state index is 0.0876. The third-order valence-corrected chi connectivity index (χ3v) is 5.22. The summed E-state index contributed by atoms with van der Waals surface area (Å²) in [7, 11) is 0. The molecule has 1 aromatic heterocycles. The fourth-order valence-corrected chi connectivity index (χ4v) is 3.71. The van der Waals surface area contributed by atoms with Crippen molar-refractivity contribution < 1.29 is 14.3 Å². The maximum atomic E-state index is 13.0. The normalized spacial score (nSPS) is 15.9. The molecule has 154 valence electrons. The highest BCUT2D eigenvalue weighted by Crippen LogP contribution is 2.27. The van der Waals surface area contributed by atoms with Crippen LogP contribution in [0.1, 0.15) is 35.7 Å². The first-order valence-electron chi connectivity index (χ1n) is 10.2. The largest absolute Gasteiger partial charge is 0.376 e. The van der Waals surface area contributed by atoms with E-state index in [0.29, 0.717) is 17.8 Å². The molecule has 1 aliphatic rings. The summed E-state index contributed by atoms with van der Waals surface area (Å²) in [6, 6.07) is 15.2. The zero-order valence-corrected chi connectivity index (χ0v) is 17.2. The summed E-state index contributed by atoms with van der Waals surface area (Å²) in [4.78, 5) is 29.1. The fourth-order valence-electron chi connectivity index (χ4n) is 3.71. The first-order valence-corrected chi connectivity index (χ1v) is 10.2. The van der Waals surface area contributed by atoms with Crippen LogP contribution in [0.15, 0.2) is 48.5 Å². The molecule has 2 N–H and O–H groups in total. The minimum atomic E-state index is -0.125. The van der Waals surface area contributed by atoms with Crippen molar-refractivity contribution in [3.63, 3.8) is 0 Å². The Morgan fingerprint density at radius 2 is 1.93 bits per heavy atom. The number of nitrogens with one attached hydrogen (secondary N) is 2. The van der Waals surface area contributed by atoms with Crippen LogP contribution in [0.2, 0.25) is 0 Å². The number of aryl methyl sites for hydroxylation is 1. The molecule has 4 rings (SSSR count). The maximum absolute atomic E-state index is 13.0. The lowest BCUT2D eigenvalue weighted by Gasteiger charge is -2.14. The lowest BCUT2D eigenvalue weighted by atomic mass is 10.0. The van der Waals surface area contributed by atoms with E-state index in [-0.39, 0.29) is 17.9 Å². The Kier molecular flexibility index (Phi) is 5.77. The van der Waals surface area contributed by atoms with Gasteiger partial charge in [0.1, 0.15) is 0 Å². The van der Waals surface area contributed by atoms with Crippen molar-refractivity contribution in [1.82, 2.24) is 10.3 Å². The SMILES string of the molecule is CC(=O)Nc1ccc(-c2cc(C(=O)NCC3CCCO3)c3cc(C)ccc3n2)cc1. The van der Waals surface area contributed by atoms with Gasteiger partial charge in [0, 0.05) is 36.7 Å². The smallest absolute Gasteiger partial charge is 0.252 e. The number of anilines is 1. The van der Waals surface area contributed by atoms with Crippen LogP contribution in [0.5, 0.6) is 0 Å². The number of benzene rings is 2. The first-order chi connectivity index (χ1) is 14.5. The van der Waals surface area contributed by atoms with Gasteiger partial charge in [-0.3, -0.25) is 9.59 Å². The van der Waals surface area contributed by atoms with E-state index >= 15 is 0 Å². The second-order valence-corrected chi connectivity index (χ2v) is 7.68. The summed E-state index contributed by atoms with van der Waals surface area (Å²) >= 11 is 0. The number of pyridine rings is 1. The Bertz CT molecular complexity index is 1090. The highest BCUT2D eigenvalue weighted by Gasteiger charge is 2.19. The molecule has 0 bridgehead atoms. The van der Waals surface area contributed by atoms with Gasteiger partial charge in [0.05, 0.1) is 22.9 Å². The Hall–Kier alpha value is -3.25. The van der Waals surface area contributed by atoms with Gasteiger partial charge in [-0.05, 0) is 50.1 Å². The average molecular weight is 403 g/mol. The van der Waals surface area contributed by atoms with Crippen LogP contribution in [0, 0.1) is 6.92 Å². The predicted molar refractivity (Wildman–Crippen MR) is 118 cm³/mol. The molecule has 0 radical (unpaired) electrons. The molecule has 2 amide bonds. The number of carbonyl (C=O) groups excluding carboxylic acids is 2. The fraction of sp³-hybridized carbons (Fsp3) is 0.292. The van der Waals surface area contributed by atoms with Crippen molar-refractivity contribution in [1.29, 1.82) is 0 Å². The van der Waals surface area contributed by atoms with Gasteiger partial charge in [0.25, 0.3) is 5.91 Å². The molecule has 1 unspecified atom stereocenters. The van der Waals surface area contributed by atoms with Gasteiger partial charge < -0.3 is 15.4 Å². The summed E-state index contributed by atoms with van der Waals surface area (Å²) in [5.41, 5.74) is 4.75. The number of nitrogens with zero attached hydrogens (tertiary/aromatic N) is 1. The van der Waals surface area contributed by atoms with Gasteiger partial charge in [-0.1, -0.05) is 23.8 Å². The number of fused-ring (bicyclic) bond motifs is 1. The Balaban J connectivity index is 1.68. The predicted octanol–water partition coefficient (Wildman–Crippen LogP) is 4.08. The molecule has 2 aromatic carbocycles. The molecule has 1 saturated heterocycles. The molecule has 6 nitrogen and oxygen atoms in total. The van der Waals surface area contributed by atoms with E-state index in [2.05, 4.69) is 10.6 Å². The zero-order chi connectivity index (χ0) is 21.1. The standard InChI is InChI=1S/C24H25N3O3/c1-15-5-10-22-20(12-15)21(24(29)25-14-19-4-3-11-30-19)13-23(27-22)17-6-8-18(9-7-17)26-16(2)28/h5-10,12-13,19H,3-4,11,14H2,1-2H3,(H,25,29)(H,26,28). The lowest BCUT2D eigenvalue weighted by molar-refractivity contribution is -0.114. The van der Waals surface area contributed by atoms with Crippen LogP contribution in [0.25, 0.3) is 22.2 Å². The van der Waals surface area contributed by atoms with Crippen LogP contribution in [-0.4, -0.2) is 36.1 Å². The highest BCUT2D eigenvalue weighted by atomic mass is 16.5. The first kappa shape index (κ1) is 20.0. The van der Waals surface area contributed by atoms with E-state index < -0.39 is 0 Å². The van der Waals surface area contributed by atoms with Crippen molar-refractivity contribution in [3.05, 3.63) is 59.7 Å². The summed E-state index contributed by atoms with van der Waals surface area (Å²) in [6.45, 7) is 4.75. The van der Waals surface area contributed by atoms with Gasteiger partial charge >= 0.3 is 0 Å². The Morgan fingerprint density at radius 3 is 2.63 bits per heavy atom. The van der Waals surface area contributed by atoms with E-state index in [1.807, 2.05) is 55.5 Å². The minimum Gasteiger partial charge on any atom is -0.376 e. The third kappa shape index (κ3) is 4.49. The zero-order valence-electron chi connectivity index (χ0n) is 17.2. The topological polar surface area (TPSA) is 80.3 Å². The molecule has 0 saturated carbocycles. The molecule has 2 heterocycles. The average Bonchev–Trinajstić information content (AvgIpc) is 3.25. The molecular formula is C24H25N3O3. The van der Waals surface area contributed by atoms with Crippen molar-refractivity contribution in [2.24, 2.45) is 0 Å². The van der Waals surface area contributed by atoms with Gasteiger partial charge in [0.15, 0.2) is 0 Å². The number of rotatable bonds is 5. The number of ether oxygens (including phenoxy) is 1. The summed E-state index contributed by atoms with van der Waals surface area (Å²) < 4.78 is 5.62. The molecule has 0 aliphatic carbocycles. The van der Waals surface area contributed by atoms with E-state index in [4.69, 9.17) is 9.72 Å². The molecule has 1 fully saturated rings. The number of hydrogen-bond acceptors (Lipinski definition) is 4. The van der Waals surface area contributed by atoms with Crippen LogP contribution in [-0.2, 0) is 9.53 Å². The second-order valence-electron chi connectivity index (χ2n) is 7.68. The van der Waals surface area contributed by atoms with Gasteiger partial charge in [-0.15, -0.1) is 0 Å². The van der Waals surface area contributed by atoms with Crippen molar-refractivity contribution >= 4 is 28.4 Å². The number of aromatic nitrogens is 1. The molecular weight excluding hydrogens is 378 g/mol. The van der Waals surface area contributed by atoms with Gasteiger partial charge in [-0.25, -0.2) is 4.98 Å². The highest BCUT2D eigenvalue weighted by molar-refractivity contribution is 6.07. The lowest BCUT2D eigenvalue weighted by Crippen LogP contribution is -2.32. The van der Waals surface area contributed by atoms with Crippen LogP contribution in [0.3, 0.4) is 0 Å². The molecule has 3 aromatic rings. The van der Waals surface area contributed by atoms with Crippen LogP contribution in [0.4, 0.5) is 5.69 Å². The monoisotopic (exact) mass is 403 g/mol. The molecule has 30 heavy (non-hydrogen) atoms. The number of hydrogen-bond donors (Lipinski definition) is 2. The number of amides is 2. The molecule has 0 spiro atoms. The van der Waals surface area contributed by atoms with Crippen molar-refractivity contribution in [3.8, 4) is 11.3 Å². The van der Waals surface area contributed by atoms with Gasteiger partial charge in [0.2, 0.25) is 5.91 Å². The Morgan fingerprint density at radius 1 is 1.13 bits per heavy atom. The quantitative estimate of drug-likeness (QED) is 0.673. The molecule has 6 heteroatoms. The third-order valence-electron chi connectivity index (χ3n) is 5.22. The van der Waals surface area contributed by atoms with Crippen molar-refractivity contribution in [2.45, 2.75) is 32.8 Å². The Labute approximate surface area is 175 Å². The second kappa shape index (κ2) is 8.63. The summed E-state index contributed by atoms with van der Waals surface area (Å²) in [6.07, 6.45) is 2.10. The van der Waals surface area contributed by atoms with Crippen molar-refractivity contribution in [2.75, 3.05) is 18.5 Å². The van der Waals surface area contributed by atoms with Gasteiger partial charge in [-0.2, -0.15) is 0 Å². The van der Waals surface area contributed by atoms with E-state index in [1.165, 1.54) is 6.92 Å². The van der Waals surface area contributed by atoms with E-state index in [0.717, 1.165) is 47.2 Å². The van der Waals surface area contributed by atoms with E-state index in [9.17, 15) is 9.59 Å². The molecule has 1 atom stereocenters. The van der Waals surface area contributed by atoms with E-state index in [1.54, 1.807) is 0 Å².